The summed E-state index contributed by atoms with van der Waals surface area (Å²) < 4.78 is 0. The molecular weight excluding hydrogens is 139 g/mol. The number of carbonyl (C=O) groups is 1. The number of para-hydroxylation sites is 1. The average Bonchev–Trinajstić information content (AvgIpc) is 1.88. The Bertz CT molecular complexity index is 260. The molecule has 0 bridgehead atoms. The summed E-state index contributed by atoms with van der Waals surface area (Å²) in [6, 6.07) is 5.37. The van der Waals surface area contributed by atoms with Crippen LogP contribution in [0, 0.1) is 0 Å². The Hall–Kier alpha value is -0.913. The van der Waals surface area contributed by atoms with Crippen LogP contribution in [-0.4, -0.2) is 5.97 Å². The fourth-order valence-electron chi connectivity index (χ4n) is 0.635. The normalized spacial score (nSPS) is 8.36. The summed E-state index contributed by atoms with van der Waals surface area (Å²) in [5.74, 6) is -1.94. The van der Waals surface area contributed by atoms with Crippen LogP contribution in [0.5, 0.6) is 5.75 Å². The molecule has 3 nitrogen and oxygen atoms in total. The fourth-order valence-corrected chi connectivity index (χ4v) is 0.635. The van der Waals surface area contributed by atoms with Crippen LogP contribution in [-0.2, 0) is 0 Å². The van der Waals surface area contributed by atoms with Gasteiger partial charge in [0.1, 0.15) is 0 Å². The van der Waals surface area contributed by atoms with E-state index in [4.69, 9.17) is 0 Å². The molecule has 0 aliphatic heterocycles. The number of carboxylic acids is 1. The van der Waals surface area contributed by atoms with Crippen molar-refractivity contribution < 1.29 is 33.9 Å². The summed E-state index contributed by atoms with van der Waals surface area (Å²) in [5, 5.41) is 20.8. The van der Waals surface area contributed by atoms with Gasteiger partial charge in [-0.05, 0) is 5.56 Å². The minimum Gasteiger partial charge on any atom is -0.872 e. The quantitative estimate of drug-likeness (QED) is 0.378. The molecule has 0 aromatic heterocycles. The third-order valence-electron chi connectivity index (χ3n) is 1.11. The Balaban J connectivity index is 0.000001000. The first-order valence-corrected chi connectivity index (χ1v) is 2.69. The van der Waals surface area contributed by atoms with Crippen molar-refractivity contribution in [3.05, 3.63) is 29.8 Å². The van der Waals surface area contributed by atoms with Gasteiger partial charge in [-0.2, -0.15) is 0 Å². The third kappa shape index (κ3) is 2.30. The van der Waals surface area contributed by atoms with Gasteiger partial charge in [0, 0.05) is 0 Å². The van der Waals surface area contributed by atoms with Crippen LogP contribution < -0.4 is 29.1 Å². The predicted molar refractivity (Wildman–Crippen MR) is 30.2 cm³/mol. The molecule has 0 unspecified atom stereocenters. The number of carbonyl (C=O) groups excluding carboxylic acids is 1. The number of benzene rings is 1. The van der Waals surface area contributed by atoms with E-state index in [1.807, 2.05) is 0 Å². The van der Waals surface area contributed by atoms with Crippen molar-refractivity contribution >= 4 is 5.97 Å². The minimum atomic E-state index is -1.43. The third-order valence-corrected chi connectivity index (χ3v) is 1.11. The standard InChI is InChI=1S/C7H6O3.Li/c8-6-4-2-1-3-5(6)7(9)10;/h1-4,8H,(H,9,10);/q;+1/p-2. The van der Waals surface area contributed by atoms with Crippen molar-refractivity contribution in [2.75, 3.05) is 0 Å². The molecule has 0 radical (unpaired) electrons. The Morgan fingerprint density at radius 3 is 2.18 bits per heavy atom. The first-order chi connectivity index (χ1) is 4.72. The van der Waals surface area contributed by atoms with Gasteiger partial charge >= 0.3 is 18.9 Å². The summed E-state index contributed by atoms with van der Waals surface area (Å²) in [5.41, 5.74) is -0.289. The number of carboxylic acid groups (broad SMARTS) is 1. The first-order valence-electron chi connectivity index (χ1n) is 2.69. The number of hydrogen-bond donors (Lipinski definition) is 0. The van der Waals surface area contributed by atoms with Gasteiger partial charge in [-0.25, -0.2) is 0 Å². The molecule has 0 spiro atoms. The van der Waals surface area contributed by atoms with Gasteiger partial charge in [0.05, 0.1) is 5.97 Å². The number of hydrogen-bond acceptors (Lipinski definition) is 3. The molecule has 0 fully saturated rings. The van der Waals surface area contributed by atoms with Crippen LogP contribution in [0.3, 0.4) is 0 Å². The Labute approximate surface area is 75.8 Å². The first kappa shape index (κ1) is 10.1. The van der Waals surface area contributed by atoms with E-state index < -0.39 is 11.7 Å². The zero-order valence-electron chi connectivity index (χ0n) is 6.03. The summed E-state index contributed by atoms with van der Waals surface area (Å²) >= 11 is 0. The number of aromatic carboxylic acids is 1. The topological polar surface area (TPSA) is 63.2 Å². The minimum absolute atomic E-state index is 0. The Kier molecular flexibility index (Phi) is 3.73. The molecule has 0 saturated carbocycles. The second-order valence-corrected chi connectivity index (χ2v) is 1.78. The van der Waals surface area contributed by atoms with Crippen molar-refractivity contribution in [2.24, 2.45) is 0 Å². The SMILES string of the molecule is O=C([O-])c1ccccc1[O-].[Li+]. The van der Waals surface area contributed by atoms with Gasteiger partial charge in [-0.15, -0.1) is 0 Å². The molecular formula is C7H4LiO3-. The molecule has 4 heteroatoms. The maximum atomic E-state index is 10.6. The molecule has 1 rings (SSSR count). The Morgan fingerprint density at radius 1 is 1.27 bits per heavy atom. The van der Waals surface area contributed by atoms with Crippen molar-refractivity contribution in [1.82, 2.24) is 0 Å². The summed E-state index contributed by atoms with van der Waals surface area (Å²) in [6.07, 6.45) is 0. The molecule has 0 aliphatic rings. The van der Waals surface area contributed by atoms with Crippen molar-refractivity contribution in [3.8, 4) is 5.75 Å². The van der Waals surface area contributed by atoms with Gasteiger partial charge in [0.2, 0.25) is 0 Å². The smallest absolute Gasteiger partial charge is 0.872 e. The van der Waals surface area contributed by atoms with E-state index in [-0.39, 0.29) is 24.4 Å². The second kappa shape index (κ2) is 4.07. The molecule has 0 atom stereocenters. The summed E-state index contributed by atoms with van der Waals surface area (Å²) in [7, 11) is 0. The van der Waals surface area contributed by atoms with E-state index in [0.717, 1.165) is 0 Å². The van der Waals surface area contributed by atoms with Crippen molar-refractivity contribution in [1.29, 1.82) is 0 Å². The fraction of sp³-hybridized carbons (Fsp3) is 0. The van der Waals surface area contributed by atoms with Gasteiger partial charge in [0.15, 0.2) is 0 Å². The molecule has 52 valence electrons. The zero-order valence-corrected chi connectivity index (χ0v) is 6.03. The zero-order chi connectivity index (χ0) is 7.56. The predicted octanol–water partition coefficient (Wildman–Crippen LogP) is -3.87. The molecule has 0 amide bonds. The maximum absolute atomic E-state index is 10.6. The average molecular weight is 143 g/mol. The van der Waals surface area contributed by atoms with E-state index in [9.17, 15) is 15.0 Å². The molecule has 0 N–H and O–H groups in total. The van der Waals surface area contributed by atoms with Crippen LogP contribution in [0.2, 0.25) is 0 Å². The van der Waals surface area contributed by atoms with Crippen LogP contribution in [0.15, 0.2) is 24.3 Å². The van der Waals surface area contributed by atoms with Gasteiger partial charge < -0.3 is 15.0 Å². The summed E-state index contributed by atoms with van der Waals surface area (Å²) in [6.45, 7) is 0. The van der Waals surface area contributed by atoms with E-state index >= 15 is 0 Å². The molecule has 11 heavy (non-hydrogen) atoms. The van der Waals surface area contributed by atoms with E-state index in [1.54, 1.807) is 0 Å². The van der Waals surface area contributed by atoms with Crippen molar-refractivity contribution in [2.45, 2.75) is 0 Å². The van der Waals surface area contributed by atoms with Crippen molar-refractivity contribution in [3.63, 3.8) is 0 Å². The van der Waals surface area contributed by atoms with E-state index in [1.165, 1.54) is 24.3 Å². The van der Waals surface area contributed by atoms with Gasteiger partial charge in [0.25, 0.3) is 0 Å². The van der Waals surface area contributed by atoms with Crippen LogP contribution >= 0.6 is 0 Å². The molecule has 0 aliphatic carbocycles. The van der Waals surface area contributed by atoms with Gasteiger partial charge in [-0.1, -0.05) is 30.0 Å². The summed E-state index contributed by atoms with van der Waals surface area (Å²) in [4.78, 5) is 10.1. The molecule has 0 saturated heterocycles. The molecule has 1 aromatic carbocycles. The largest absolute Gasteiger partial charge is 1.00 e. The van der Waals surface area contributed by atoms with Crippen LogP contribution in [0.4, 0.5) is 0 Å². The van der Waals surface area contributed by atoms with E-state index in [2.05, 4.69) is 0 Å². The van der Waals surface area contributed by atoms with E-state index in [0.29, 0.717) is 0 Å². The van der Waals surface area contributed by atoms with Crippen LogP contribution in [0.25, 0.3) is 0 Å². The Morgan fingerprint density at radius 2 is 1.82 bits per heavy atom. The second-order valence-electron chi connectivity index (χ2n) is 1.78. The molecule has 1 aromatic rings. The maximum Gasteiger partial charge on any atom is 1.00 e. The molecule has 0 heterocycles. The monoisotopic (exact) mass is 143 g/mol. The number of rotatable bonds is 1. The van der Waals surface area contributed by atoms with Crippen LogP contribution in [0.1, 0.15) is 10.4 Å². The van der Waals surface area contributed by atoms with Gasteiger partial charge in [-0.3, -0.25) is 0 Å².